The van der Waals surface area contributed by atoms with E-state index in [1.165, 1.54) is 5.56 Å². The van der Waals surface area contributed by atoms with Crippen LogP contribution in [0.15, 0.2) is 47.2 Å². The Morgan fingerprint density at radius 3 is 2.87 bits per heavy atom. The highest BCUT2D eigenvalue weighted by Gasteiger charge is 2.07. The molecular formula is C17H19N5O. The summed E-state index contributed by atoms with van der Waals surface area (Å²) < 4.78 is 5.29. The molecule has 0 spiro atoms. The third kappa shape index (κ3) is 3.66. The molecule has 0 amide bonds. The van der Waals surface area contributed by atoms with Crippen molar-refractivity contribution in [1.82, 2.24) is 15.2 Å². The van der Waals surface area contributed by atoms with Crippen LogP contribution in [0.1, 0.15) is 23.8 Å². The molecule has 2 N–H and O–H groups in total. The van der Waals surface area contributed by atoms with Gasteiger partial charge in [-0.2, -0.15) is 10.1 Å². The van der Waals surface area contributed by atoms with Gasteiger partial charge in [0.15, 0.2) is 5.82 Å². The lowest BCUT2D eigenvalue weighted by molar-refractivity contribution is 0.517. The number of benzene rings is 1. The third-order valence-corrected chi connectivity index (χ3v) is 3.56. The maximum Gasteiger partial charge on any atom is 0.249 e. The number of hydrogen-bond acceptors (Lipinski definition) is 6. The maximum atomic E-state index is 5.29. The summed E-state index contributed by atoms with van der Waals surface area (Å²) in [5.74, 6) is 1.95. The molecule has 0 atom stereocenters. The molecule has 0 bridgehead atoms. The molecule has 23 heavy (non-hydrogen) atoms. The van der Waals surface area contributed by atoms with E-state index in [1.54, 1.807) is 12.5 Å². The standard InChI is InChI=1S/C17H19N5O/c1-3-13-7-4-6-12(2)16(13)21-17-20-15(11-19-22-17)18-10-14-8-5-9-23-14/h4-9,11H,3,10H2,1-2H3,(H2,18,20,21,22). The van der Waals surface area contributed by atoms with Crippen LogP contribution in [-0.2, 0) is 13.0 Å². The zero-order valence-corrected chi connectivity index (χ0v) is 13.2. The molecule has 3 aromatic rings. The molecule has 1 aromatic carbocycles. The van der Waals surface area contributed by atoms with Gasteiger partial charge in [-0.3, -0.25) is 0 Å². The molecule has 6 nitrogen and oxygen atoms in total. The topological polar surface area (TPSA) is 75.9 Å². The molecule has 0 aliphatic heterocycles. The summed E-state index contributed by atoms with van der Waals surface area (Å²) in [5.41, 5.74) is 3.42. The highest BCUT2D eigenvalue weighted by Crippen LogP contribution is 2.23. The fourth-order valence-electron chi connectivity index (χ4n) is 2.35. The predicted octanol–water partition coefficient (Wildman–Crippen LogP) is 3.69. The summed E-state index contributed by atoms with van der Waals surface area (Å²) >= 11 is 0. The van der Waals surface area contributed by atoms with Crippen LogP contribution in [0.5, 0.6) is 0 Å². The summed E-state index contributed by atoms with van der Waals surface area (Å²) in [5, 5.41) is 14.5. The number of nitrogens with one attached hydrogen (secondary N) is 2. The third-order valence-electron chi connectivity index (χ3n) is 3.56. The van der Waals surface area contributed by atoms with Crippen molar-refractivity contribution in [1.29, 1.82) is 0 Å². The van der Waals surface area contributed by atoms with Crippen molar-refractivity contribution in [2.75, 3.05) is 10.6 Å². The molecule has 2 heterocycles. The van der Waals surface area contributed by atoms with E-state index in [1.807, 2.05) is 12.1 Å². The summed E-state index contributed by atoms with van der Waals surface area (Å²) in [6.07, 6.45) is 4.17. The molecule has 0 radical (unpaired) electrons. The van der Waals surface area contributed by atoms with Crippen LogP contribution >= 0.6 is 0 Å². The van der Waals surface area contributed by atoms with Gasteiger partial charge in [0, 0.05) is 5.69 Å². The molecule has 0 aliphatic carbocycles. The SMILES string of the molecule is CCc1cccc(C)c1Nc1nncc(NCc2ccco2)n1. The summed E-state index contributed by atoms with van der Waals surface area (Å²) in [4.78, 5) is 4.45. The minimum atomic E-state index is 0.471. The smallest absolute Gasteiger partial charge is 0.249 e. The number of aryl methyl sites for hydroxylation is 2. The summed E-state index contributed by atoms with van der Waals surface area (Å²) in [6, 6.07) is 9.98. The number of aromatic nitrogens is 3. The Hall–Kier alpha value is -2.89. The van der Waals surface area contributed by atoms with Crippen LogP contribution in [-0.4, -0.2) is 15.2 Å². The Morgan fingerprint density at radius 2 is 2.09 bits per heavy atom. The number of furan rings is 1. The van der Waals surface area contributed by atoms with E-state index in [9.17, 15) is 0 Å². The van der Waals surface area contributed by atoms with E-state index in [0.717, 1.165) is 23.4 Å². The molecule has 0 unspecified atom stereocenters. The van der Waals surface area contributed by atoms with Gasteiger partial charge in [0.1, 0.15) is 5.76 Å². The fourth-order valence-corrected chi connectivity index (χ4v) is 2.35. The lowest BCUT2D eigenvalue weighted by Crippen LogP contribution is -2.06. The van der Waals surface area contributed by atoms with E-state index in [0.29, 0.717) is 18.3 Å². The molecule has 0 fully saturated rings. The first-order valence-electron chi connectivity index (χ1n) is 7.57. The average molecular weight is 309 g/mol. The Kier molecular flexibility index (Phi) is 4.52. The largest absolute Gasteiger partial charge is 0.467 e. The normalized spacial score (nSPS) is 10.5. The minimum Gasteiger partial charge on any atom is -0.467 e. The van der Waals surface area contributed by atoms with Crippen molar-refractivity contribution in [3.63, 3.8) is 0 Å². The van der Waals surface area contributed by atoms with Crippen LogP contribution in [0.25, 0.3) is 0 Å². The molecule has 2 aromatic heterocycles. The average Bonchev–Trinajstić information content (AvgIpc) is 3.09. The van der Waals surface area contributed by atoms with Gasteiger partial charge in [0.05, 0.1) is 19.0 Å². The lowest BCUT2D eigenvalue weighted by Gasteiger charge is -2.13. The first kappa shape index (κ1) is 15.0. The van der Waals surface area contributed by atoms with Crippen LogP contribution in [0.2, 0.25) is 0 Å². The predicted molar refractivity (Wildman–Crippen MR) is 89.7 cm³/mol. The van der Waals surface area contributed by atoms with E-state index in [4.69, 9.17) is 4.42 Å². The van der Waals surface area contributed by atoms with Crippen molar-refractivity contribution in [3.8, 4) is 0 Å². The Balaban J connectivity index is 1.75. The highest BCUT2D eigenvalue weighted by atomic mass is 16.3. The van der Waals surface area contributed by atoms with Crippen LogP contribution < -0.4 is 10.6 Å². The van der Waals surface area contributed by atoms with E-state index in [2.05, 4.69) is 57.9 Å². The van der Waals surface area contributed by atoms with Crippen LogP contribution in [0, 0.1) is 6.92 Å². The quantitative estimate of drug-likeness (QED) is 0.723. The summed E-state index contributed by atoms with van der Waals surface area (Å²) in [6.45, 7) is 4.74. The number of para-hydroxylation sites is 1. The fraction of sp³-hybridized carbons (Fsp3) is 0.235. The van der Waals surface area contributed by atoms with Gasteiger partial charge in [-0.15, -0.1) is 5.10 Å². The van der Waals surface area contributed by atoms with Gasteiger partial charge < -0.3 is 15.1 Å². The second-order valence-corrected chi connectivity index (χ2v) is 5.19. The number of rotatable bonds is 6. The Labute approximate surface area is 135 Å². The molecule has 0 aliphatic rings. The molecular weight excluding hydrogens is 290 g/mol. The molecule has 6 heteroatoms. The second kappa shape index (κ2) is 6.91. The van der Waals surface area contributed by atoms with Gasteiger partial charge in [-0.25, -0.2) is 0 Å². The first-order chi connectivity index (χ1) is 11.3. The second-order valence-electron chi connectivity index (χ2n) is 5.19. The molecule has 0 saturated heterocycles. The molecule has 0 saturated carbocycles. The van der Waals surface area contributed by atoms with Gasteiger partial charge >= 0.3 is 0 Å². The van der Waals surface area contributed by atoms with Gasteiger partial charge in [0.25, 0.3) is 0 Å². The van der Waals surface area contributed by atoms with Crippen LogP contribution in [0.3, 0.4) is 0 Å². The van der Waals surface area contributed by atoms with Crippen molar-refractivity contribution in [2.24, 2.45) is 0 Å². The lowest BCUT2D eigenvalue weighted by atomic mass is 10.1. The summed E-state index contributed by atoms with van der Waals surface area (Å²) in [7, 11) is 0. The maximum absolute atomic E-state index is 5.29. The van der Waals surface area contributed by atoms with Crippen molar-refractivity contribution < 1.29 is 4.42 Å². The number of nitrogens with zero attached hydrogens (tertiary/aromatic N) is 3. The highest BCUT2D eigenvalue weighted by molar-refractivity contribution is 5.63. The van der Waals surface area contributed by atoms with Crippen LogP contribution in [0.4, 0.5) is 17.5 Å². The zero-order valence-electron chi connectivity index (χ0n) is 13.2. The number of anilines is 3. The number of hydrogen-bond donors (Lipinski definition) is 2. The van der Waals surface area contributed by atoms with E-state index < -0.39 is 0 Å². The van der Waals surface area contributed by atoms with Crippen molar-refractivity contribution in [3.05, 3.63) is 59.7 Å². The minimum absolute atomic E-state index is 0.471. The molecule has 3 rings (SSSR count). The Bertz CT molecular complexity index is 770. The van der Waals surface area contributed by atoms with Gasteiger partial charge in [0.2, 0.25) is 5.95 Å². The zero-order chi connectivity index (χ0) is 16.1. The van der Waals surface area contributed by atoms with E-state index in [-0.39, 0.29) is 0 Å². The monoisotopic (exact) mass is 309 g/mol. The Morgan fingerprint density at radius 1 is 1.17 bits per heavy atom. The van der Waals surface area contributed by atoms with Crippen molar-refractivity contribution in [2.45, 2.75) is 26.8 Å². The van der Waals surface area contributed by atoms with Crippen molar-refractivity contribution >= 4 is 17.5 Å². The van der Waals surface area contributed by atoms with E-state index >= 15 is 0 Å². The molecule has 118 valence electrons. The van der Waals surface area contributed by atoms with Gasteiger partial charge in [-0.1, -0.05) is 25.1 Å². The van der Waals surface area contributed by atoms with Gasteiger partial charge in [-0.05, 0) is 36.6 Å². The first-order valence-corrected chi connectivity index (χ1v) is 7.57.